The molecule has 0 aromatic rings. The van der Waals surface area contributed by atoms with Crippen LogP contribution in [0, 0.1) is 5.92 Å². The molecule has 0 heterocycles. The number of ether oxygens (including phenoxy) is 4. The Labute approximate surface area is 391 Å². The van der Waals surface area contributed by atoms with Crippen LogP contribution in [-0.2, 0) is 33.3 Å². The van der Waals surface area contributed by atoms with E-state index in [0.29, 0.717) is 25.2 Å². The molecule has 0 bridgehead atoms. The molecule has 374 valence electrons. The molecule has 0 spiro atoms. The van der Waals surface area contributed by atoms with Gasteiger partial charge in [-0.2, -0.15) is 0 Å². The third kappa shape index (κ3) is 42.7. The molecule has 0 aliphatic rings. The summed E-state index contributed by atoms with van der Waals surface area (Å²) < 4.78 is 22.7. The first-order chi connectivity index (χ1) is 30.8. The van der Waals surface area contributed by atoms with Crippen LogP contribution in [0.1, 0.15) is 291 Å². The van der Waals surface area contributed by atoms with Crippen molar-refractivity contribution in [3.63, 3.8) is 0 Å². The van der Waals surface area contributed by atoms with Crippen LogP contribution in [0.15, 0.2) is 0 Å². The summed E-state index contributed by atoms with van der Waals surface area (Å²) in [6, 6.07) is 0.0468. The molecular formula is C55H107NO7. The highest BCUT2D eigenvalue weighted by molar-refractivity contribution is 5.71. The topological polar surface area (TPSA) is 114 Å². The number of unbranched alkanes of at least 4 members (excludes halogenated alkanes) is 32. The summed E-state index contributed by atoms with van der Waals surface area (Å²) in [4.78, 5) is 38.2. The predicted molar refractivity (Wildman–Crippen MR) is 266 cm³/mol. The van der Waals surface area contributed by atoms with E-state index in [0.717, 1.165) is 77.0 Å². The van der Waals surface area contributed by atoms with Gasteiger partial charge in [0, 0.05) is 32.4 Å². The standard InChI is InChI=1S/C55H107NO7/c1-6-9-12-15-17-19-21-23-25-27-29-34-39-44-52(57)61-47-50(63-54(59)46-41-35-30-28-26-24-22-20-18-16-13-10-7-2)48-62-53(58)45-40-36-31-33-38-43-51(56)55(60-5)49(4)42-37-32-14-11-8-3/h49-51,55H,6-48,56H2,1-5H3. The van der Waals surface area contributed by atoms with E-state index in [1.807, 2.05) is 0 Å². The van der Waals surface area contributed by atoms with Crippen LogP contribution in [0.25, 0.3) is 0 Å². The zero-order valence-electron chi connectivity index (χ0n) is 42.7. The smallest absolute Gasteiger partial charge is 0.306 e. The van der Waals surface area contributed by atoms with Gasteiger partial charge < -0.3 is 24.7 Å². The van der Waals surface area contributed by atoms with Crippen LogP contribution < -0.4 is 5.73 Å². The van der Waals surface area contributed by atoms with Crippen molar-refractivity contribution in [1.82, 2.24) is 0 Å². The minimum absolute atomic E-state index is 0.0468. The maximum absolute atomic E-state index is 12.8. The highest BCUT2D eigenvalue weighted by Crippen LogP contribution is 2.22. The summed E-state index contributed by atoms with van der Waals surface area (Å²) in [7, 11) is 1.79. The molecule has 0 saturated heterocycles. The van der Waals surface area contributed by atoms with Crippen LogP contribution in [-0.4, -0.2) is 56.5 Å². The number of hydrogen-bond acceptors (Lipinski definition) is 8. The van der Waals surface area contributed by atoms with E-state index in [-0.39, 0.29) is 43.3 Å². The number of hydrogen-bond donors (Lipinski definition) is 1. The van der Waals surface area contributed by atoms with Crippen LogP contribution in [0.4, 0.5) is 0 Å². The van der Waals surface area contributed by atoms with E-state index in [4.69, 9.17) is 24.7 Å². The largest absolute Gasteiger partial charge is 0.462 e. The van der Waals surface area contributed by atoms with Crippen LogP contribution >= 0.6 is 0 Å². The van der Waals surface area contributed by atoms with E-state index in [9.17, 15) is 14.4 Å². The van der Waals surface area contributed by atoms with Gasteiger partial charge in [0.2, 0.25) is 0 Å². The van der Waals surface area contributed by atoms with Crippen LogP contribution in [0.5, 0.6) is 0 Å². The van der Waals surface area contributed by atoms with Crippen molar-refractivity contribution in [1.29, 1.82) is 0 Å². The fourth-order valence-electron chi connectivity index (χ4n) is 8.86. The lowest BCUT2D eigenvalue weighted by molar-refractivity contribution is -0.167. The summed E-state index contributed by atoms with van der Waals surface area (Å²) in [6.45, 7) is 8.87. The molecule has 0 saturated carbocycles. The van der Waals surface area contributed by atoms with Crippen LogP contribution in [0.3, 0.4) is 0 Å². The number of carbonyl (C=O) groups is 3. The molecule has 8 nitrogen and oxygen atoms in total. The van der Waals surface area contributed by atoms with Gasteiger partial charge in [0.15, 0.2) is 6.10 Å². The third-order valence-corrected chi connectivity index (χ3v) is 13.1. The van der Waals surface area contributed by atoms with Crippen molar-refractivity contribution in [3.8, 4) is 0 Å². The molecule has 4 unspecified atom stereocenters. The molecule has 8 heteroatoms. The molecule has 4 atom stereocenters. The minimum Gasteiger partial charge on any atom is -0.462 e. The maximum atomic E-state index is 12.8. The molecule has 0 amide bonds. The van der Waals surface area contributed by atoms with Gasteiger partial charge in [-0.15, -0.1) is 0 Å². The van der Waals surface area contributed by atoms with Gasteiger partial charge in [0.05, 0.1) is 6.10 Å². The summed E-state index contributed by atoms with van der Waals surface area (Å²) in [5.41, 5.74) is 6.58. The molecule has 2 N–H and O–H groups in total. The second kappa shape index (κ2) is 48.3. The lowest BCUT2D eigenvalue weighted by Crippen LogP contribution is -2.40. The first-order valence-corrected chi connectivity index (χ1v) is 27.6. The Morgan fingerprint density at radius 1 is 0.397 bits per heavy atom. The number of carbonyl (C=O) groups excluding carboxylic acids is 3. The molecule has 63 heavy (non-hydrogen) atoms. The lowest BCUT2D eigenvalue weighted by atomic mass is 9.90. The lowest BCUT2D eigenvalue weighted by Gasteiger charge is -2.28. The Hall–Kier alpha value is -1.67. The summed E-state index contributed by atoms with van der Waals surface area (Å²) in [5, 5.41) is 0. The van der Waals surface area contributed by atoms with Gasteiger partial charge in [0.25, 0.3) is 0 Å². The Morgan fingerprint density at radius 2 is 0.683 bits per heavy atom. The number of esters is 3. The number of methoxy groups -OCH3 is 1. The maximum Gasteiger partial charge on any atom is 0.306 e. The minimum atomic E-state index is -0.789. The van der Waals surface area contributed by atoms with Crippen molar-refractivity contribution < 1.29 is 33.3 Å². The van der Waals surface area contributed by atoms with Gasteiger partial charge in [-0.25, -0.2) is 0 Å². The predicted octanol–water partition coefficient (Wildman–Crippen LogP) is 16.0. The fraction of sp³-hybridized carbons (Fsp3) is 0.945. The Morgan fingerprint density at radius 3 is 1.02 bits per heavy atom. The average molecular weight is 894 g/mol. The van der Waals surface area contributed by atoms with E-state index >= 15 is 0 Å². The fourth-order valence-corrected chi connectivity index (χ4v) is 8.86. The Bertz CT molecular complexity index is 992. The van der Waals surface area contributed by atoms with Crippen molar-refractivity contribution in [2.45, 2.75) is 309 Å². The van der Waals surface area contributed by atoms with Gasteiger partial charge >= 0.3 is 17.9 Å². The summed E-state index contributed by atoms with van der Waals surface area (Å²) >= 11 is 0. The SMILES string of the molecule is CCCCCCCCCCCCCCCC(=O)OCC(COC(=O)CCCCCCCC(N)C(OC)C(C)CCCCCCC)OC(=O)CCCCCCCCCCCCCCC. The monoisotopic (exact) mass is 894 g/mol. The summed E-state index contributed by atoms with van der Waals surface area (Å²) in [5.74, 6) is -0.446. The van der Waals surface area contributed by atoms with E-state index < -0.39 is 6.10 Å². The quantitative estimate of drug-likeness (QED) is 0.0365. The van der Waals surface area contributed by atoms with Crippen molar-refractivity contribution in [2.75, 3.05) is 20.3 Å². The first kappa shape index (κ1) is 61.3. The molecule has 0 radical (unpaired) electrons. The molecule has 0 aromatic carbocycles. The highest BCUT2D eigenvalue weighted by atomic mass is 16.6. The second-order valence-electron chi connectivity index (χ2n) is 19.3. The van der Waals surface area contributed by atoms with E-state index in [1.54, 1.807) is 7.11 Å². The zero-order valence-corrected chi connectivity index (χ0v) is 42.7. The Kier molecular flexibility index (Phi) is 47.0. The van der Waals surface area contributed by atoms with Crippen molar-refractivity contribution in [3.05, 3.63) is 0 Å². The summed E-state index contributed by atoms with van der Waals surface area (Å²) in [6.07, 6.45) is 46.1. The highest BCUT2D eigenvalue weighted by Gasteiger charge is 2.23. The van der Waals surface area contributed by atoms with Gasteiger partial charge in [-0.05, 0) is 38.0 Å². The molecule has 0 rings (SSSR count). The molecule has 0 aliphatic carbocycles. The first-order valence-electron chi connectivity index (χ1n) is 27.6. The van der Waals surface area contributed by atoms with Gasteiger partial charge in [0.1, 0.15) is 13.2 Å². The van der Waals surface area contributed by atoms with Crippen molar-refractivity contribution in [2.24, 2.45) is 11.7 Å². The van der Waals surface area contributed by atoms with Gasteiger partial charge in [-0.1, -0.05) is 240 Å². The molecular weight excluding hydrogens is 787 g/mol. The zero-order chi connectivity index (χ0) is 46.3. The third-order valence-electron chi connectivity index (χ3n) is 13.1. The average Bonchev–Trinajstić information content (AvgIpc) is 3.27. The Balaban J connectivity index is 4.51. The molecule has 0 aliphatic heterocycles. The number of rotatable bonds is 50. The number of nitrogens with two attached hydrogens (primary N) is 1. The van der Waals surface area contributed by atoms with E-state index in [2.05, 4.69) is 27.7 Å². The van der Waals surface area contributed by atoms with E-state index in [1.165, 1.54) is 167 Å². The van der Waals surface area contributed by atoms with Crippen LogP contribution in [0.2, 0.25) is 0 Å². The molecule has 0 fully saturated rings. The van der Waals surface area contributed by atoms with Crippen molar-refractivity contribution >= 4 is 17.9 Å². The second-order valence-corrected chi connectivity index (χ2v) is 19.3. The van der Waals surface area contributed by atoms with Gasteiger partial charge in [-0.3, -0.25) is 14.4 Å². The normalized spacial score (nSPS) is 13.4. The molecule has 0 aromatic heterocycles.